The molecule has 6 rings (SSSR count). The fraction of sp³-hybridized carbons (Fsp3) is 0.125. The van der Waals surface area contributed by atoms with Gasteiger partial charge in [-0.2, -0.15) is 0 Å². The summed E-state index contributed by atoms with van der Waals surface area (Å²) in [5.74, 6) is 0.804. The van der Waals surface area contributed by atoms with E-state index >= 15 is 0 Å². The number of nitrogens with zero attached hydrogens (tertiary/aromatic N) is 1. The number of para-hydroxylation sites is 1. The van der Waals surface area contributed by atoms with Crippen molar-refractivity contribution < 1.29 is 38.8 Å². The van der Waals surface area contributed by atoms with Gasteiger partial charge in [-0.15, -0.1) is 18.2 Å². The maximum absolute atomic E-state index is 10.0. The number of aliphatic hydroxyl groups is 1. The first-order chi connectivity index (χ1) is 17.8. The quantitative estimate of drug-likeness (QED) is 0.115. The van der Waals surface area contributed by atoms with E-state index in [1.807, 2.05) is 30.3 Å². The largest absolute Gasteiger partial charge is 0.512 e. The molecule has 0 aliphatic carbocycles. The van der Waals surface area contributed by atoms with Crippen LogP contribution in [0.25, 0.3) is 55.5 Å². The van der Waals surface area contributed by atoms with Crippen molar-refractivity contribution in [2.45, 2.75) is 27.7 Å². The van der Waals surface area contributed by atoms with E-state index in [-0.39, 0.29) is 31.6 Å². The minimum absolute atomic E-state index is 0. The number of aryl methyl sites for hydroxylation is 2. The fourth-order valence-electron chi connectivity index (χ4n) is 4.58. The van der Waals surface area contributed by atoms with Gasteiger partial charge in [0.05, 0.1) is 17.5 Å². The van der Waals surface area contributed by atoms with Crippen molar-refractivity contribution in [2.75, 3.05) is 0 Å². The third-order valence-electron chi connectivity index (χ3n) is 6.14. The number of hydrogen-bond acceptors (Lipinski definition) is 5. The van der Waals surface area contributed by atoms with Gasteiger partial charge in [0.25, 0.3) is 0 Å². The first-order valence-corrected chi connectivity index (χ1v) is 12.0. The summed E-state index contributed by atoms with van der Waals surface area (Å²) in [4.78, 5) is 14.7. The zero-order valence-electron chi connectivity index (χ0n) is 21.5. The predicted octanol–water partition coefficient (Wildman–Crippen LogP) is 8.51. The molecule has 0 saturated heterocycles. The summed E-state index contributed by atoms with van der Waals surface area (Å²) in [5.41, 5.74) is 7.67. The van der Waals surface area contributed by atoms with Crippen molar-refractivity contribution in [1.29, 1.82) is 0 Å². The molecule has 0 spiro atoms. The molecule has 0 amide bonds. The molecule has 3 aromatic carbocycles. The average Bonchev–Trinajstić information content (AvgIpc) is 3.44. The number of pyridine rings is 1. The Balaban J connectivity index is 0.000000375. The molecule has 0 fully saturated rings. The van der Waals surface area contributed by atoms with Gasteiger partial charge in [-0.1, -0.05) is 53.4 Å². The summed E-state index contributed by atoms with van der Waals surface area (Å²) in [5, 5.41) is 11.6. The van der Waals surface area contributed by atoms with Crippen LogP contribution in [0, 0.1) is 19.9 Å². The molecule has 38 heavy (non-hydrogen) atoms. The Morgan fingerprint density at radius 2 is 1.66 bits per heavy atom. The van der Waals surface area contributed by atoms with Crippen LogP contribution in [0.2, 0.25) is 0 Å². The van der Waals surface area contributed by atoms with E-state index in [0.29, 0.717) is 0 Å². The van der Waals surface area contributed by atoms with Gasteiger partial charge >= 0.3 is 0 Å². The monoisotopic (exact) mass is 681 g/mol. The molecule has 6 heteroatoms. The van der Waals surface area contributed by atoms with Crippen molar-refractivity contribution in [3.05, 3.63) is 102 Å². The Morgan fingerprint density at radius 1 is 0.921 bits per heavy atom. The molecule has 6 aromatic rings. The average molecular weight is 681 g/mol. The number of benzene rings is 3. The fourth-order valence-corrected chi connectivity index (χ4v) is 4.58. The number of carbonyl (C=O) groups excluding carboxylic acids is 1. The molecular weight excluding hydrogens is 655 g/mol. The van der Waals surface area contributed by atoms with E-state index in [2.05, 4.69) is 61.3 Å². The van der Waals surface area contributed by atoms with Crippen LogP contribution in [-0.4, -0.2) is 15.9 Å². The number of hydrogen-bond donors (Lipinski definition) is 1. The number of aromatic nitrogens is 1. The van der Waals surface area contributed by atoms with Crippen LogP contribution in [0.15, 0.2) is 93.6 Å². The Labute approximate surface area is 234 Å². The molecule has 0 atom stereocenters. The van der Waals surface area contributed by atoms with Crippen LogP contribution in [-0.2, 0) is 24.9 Å². The zero-order valence-corrected chi connectivity index (χ0v) is 23.9. The second-order valence-electron chi connectivity index (χ2n) is 9.07. The molecule has 3 heterocycles. The Morgan fingerprint density at radius 3 is 2.34 bits per heavy atom. The molecule has 1 radical (unpaired) electrons. The van der Waals surface area contributed by atoms with Gasteiger partial charge in [0.2, 0.25) is 0 Å². The molecule has 0 aliphatic heterocycles. The molecule has 193 valence electrons. The van der Waals surface area contributed by atoms with E-state index in [0.717, 1.165) is 55.5 Å². The van der Waals surface area contributed by atoms with Gasteiger partial charge < -0.3 is 18.9 Å². The molecular formula is C32H26IrNO4-. The van der Waals surface area contributed by atoms with Crippen LogP contribution < -0.4 is 0 Å². The van der Waals surface area contributed by atoms with Crippen molar-refractivity contribution in [3.63, 3.8) is 0 Å². The van der Waals surface area contributed by atoms with Crippen molar-refractivity contribution in [2.24, 2.45) is 0 Å². The van der Waals surface area contributed by atoms with E-state index < -0.39 is 0 Å². The standard InChI is InChI=1S/C27H18NO2.C5H8O2.Ir/c1-16-7-5-8-17(2)26(16)24-14-18-13-22(28-15-25(18)29-24)21-11-6-10-20-19-9-3-4-12-23(19)30-27(20)21;1-4(6)3-5(2)7;/h3-10,12-15H,1-2H3;3,6H,1-2H3;/q-1;;/b;4-3-;. The second-order valence-corrected chi connectivity index (χ2v) is 9.07. The number of fused-ring (bicyclic) bond motifs is 4. The third-order valence-corrected chi connectivity index (χ3v) is 6.14. The van der Waals surface area contributed by atoms with Gasteiger partial charge in [0.15, 0.2) is 11.4 Å². The normalized spacial score (nSPS) is 11.3. The number of aliphatic hydroxyl groups excluding tert-OH is 1. The maximum atomic E-state index is 10.0. The Bertz CT molecular complexity index is 1790. The number of rotatable bonds is 3. The minimum Gasteiger partial charge on any atom is -0.512 e. The number of ketones is 1. The van der Waals surface area contributed by atoms with Crippen LogP contribution in [0.5, 0.6) is 0 Å². The van der Waals surface area contributed by atoms with E-state index in [1.54, 1.807) is 6.20 Å². The summed E-state index contributed by atoms with van der Waals surface area (Å²) < 4.78 is 12.3. The summed E-state index contributed by atoms with van der Waals surface area (Å²) in [7, 11) is 0. The Hall–Kier alpha value is -3.99. The van der Waals surface area contributed by atoms with E-state index in [9.17, 15) is 4.79 Å². The van der Waals surface area contributed by atoms with Crippen LogP contribution in [0.3, 0.4) is 0 Å². The summed E-state index contributed by atoms with van der Waals surface area (Å²) in [6, 6.07) is 25.8. The first-order valence-electron chi connectivity index (χ1n) is 12.0. The number of carbonyl (C=O) groups is 1. The number of furan rings is 2. The molecule has 1 N–H and O–H groups in total. The van der Waals surface area contributed by atoms with Gasteiger partial charge in [-0.3, -0.25) is 4.79 Å². The summed E-state index contributed by atoms with van der Waals surface area (Å²) in [6.07, 6.45) is 2.96. The molecule has 0 bridgehead atoms. The first kappa shape index (κ1) is 27.1. The summed E-state index contributed by atoms with van der Waals surface area (Å²) >= 11 is 0. The van der Waals surface area contributed by atoms with Gasteiger partial charge in [-0.25, -0.2) is 0 Å². The molecule has 0 unspecified atom stereocenters. The SMILES string of the molecule is CC(=O)/C=C(/C)O.Cc1cccc(C)c1-c1cc2cc(-c3[c-]ccc4c3oc3ccccc34)ncc2o1.[Ir]. The molecule has 0 aliphatic rings. The maximum Gasteiger partial charge on any atom is 0.155 e. The molecule has 5 nitrogen and oxygen atoms in total. The third kappa shape index (κ3) is 5.33. The summed E-state index contributed by atoms with van der Waals surface area (Å²) in [6.45, 7) is 7.06. The zero-order chi connectivity index (χ0) is 26.1. The van der Waals surface area contributed by atoms with Gasteiger partial charge in [0, 0.05) is 42.5 Å². The van der Waals surface area contributed by atoms with Gasteiger partial charge in [0.1, 0.15) is 11.3 Å². The predicted molar refractivity (Wildman–Crippen MR) is 148 cm³/mol. The number of allylic oxidation sites excluding steroid dienone is 2. The smallest absolute Gasteiger partial charge is 0.155 e. The van der Waals surface area contributed by atoms with Gasteiger partial charge in [-0.05, 0) is 56.6 Å². The van der Waals surface area contributed by atoms with Crippen molar-refractivity contribution >= 4 is 38.7 Å². The van der Waals surface area contributed by atoms with Crippen LogP contribution >= 0.6 is 0 Å². The molecule has 0 saturated carbocycles. The minimum atomic E-state index is -0.125. The van der Waals surface area contributed by atoms with Crippen molar-refractivity contribution in [1.82, 2.24) is 4.98 Å². The topological polar surface area (TPSA) is 76.5 Å². The van der Waals surface area contributed by atoms with Crippen LogP contribution in [0.4, 0.5) is 0 Å². The second kappa shape index (κ2) is 11.2. The van der Waals surface area contributed by atoms with E-state index in [4.69, 9.17) is 13.9 Å². The molecule has 3 aromatic heterocycles. The van der Waals surface area contributed by atoms with Crippen LogP contribution in [0.1, 0.15) is 25.0 Å². The van der Waals surface area contributed by atoms with Crippen molar-refractivity contribution in [3.8, 4) is 22.6 Å². The Kier molecular flexibility index (Phi) is 7.96. The van der Waals surface area contributed by atoms with E-state index in [1.165, 1.54) is 31.1 Å².